The Morgan fingerprint density at radius 1 is 0.741 bits per heavy atom. The largest absolute Gasteiger partial charge is 0.348 e. The summed E-state index contributed by atoms with van der Waals surface area (Å²) in [6.45, 7) is 6.21. The highest BCUT2D eigenvalue weighted by Gasteiger charge is 2.23. The van der Waals surface area contributed by atoms with E-state index in [0.29, 0.717) is 5.92 Å². The molecule has 1 aromatic carbocycles. The van der Waals surface area contributed by atoms with Gasteiger partial charge in [0, 0.05) is 11.5 Å². The molecule has 0 amide bonds. The smallest absolute Gasteiger partial charge is 0.183 e. The van der Waals surface area contributed by atoms with Crippen LogP contribution in [0.3, 0.4) is 0 Å². The van der Waals surface area contributed by atoms with Crippen molar-refractivity contribution in [3.8, 4) is 0 Å². The molecule has 0 aromatic heterocycles. The molecular formula is C25H40O2. The van der Waals surface area contributed by atoms with Crippen LogP contribution in [0.1, 0.15) is 95.5 Å². The van der Waals surface area contributed by atoms with Crippen LogP contribution in [0.25, 0.3) is 0 Å². The highest BCUT2D eigenvalue weighted by molar-refractivity contribution is 5.23. The van der Waals surface area contributed by atoms with Crippen LogP contribution in [-0.2, 0) is 15.9 Å². The normalized spacial score (nSPS) is 29.0. The molecule has 1 heterocycles. The Balaban J connectivity index is 1.37. The van der Waals surface area contributed by atoms with Gasteiger partial charge in [0.1, 0.15) is 0 Å². The molecule has 1 saturated carbocycles. The molecule has 0 bridgehead atoms. The molecule has 1 saturated heterocycles. The van der Waals surface area contributed by atoms with Gasteiger partial charge >= 0.3 is 0 Å². The van der Waals surface area contributed by atoms with Crippen molar-refractivity contribution in [2.75, 3.05) is 13.2 Å². The zero-order chi connectivity index (χ0) is 18.9. The van der Waals surface area contributed by atoms with Gasteiger partial charge in [-0.05, 0) is 36.7 Å². The third kappa shape index (κ3) is 6.61. The molecule has 1 aliphatic heterocycles. The minimum Gasteiger partial charge on any atom is -0.348 e. The van der Waals surface area contributed by atoms with Gasteiger partial charge in [-0.1, -0.05) is 89.5 Å². The van der Waals surface area contributed by atoms with Crippen LogP contribution in [0.5, 0.6) is 0 Å². The average Bonchev–Trinajstić information content (AvgIpc) is 2.73. The second-order valence-electron chi connectivity index (χ2n) is 8.96. The number of hydrogen-bond acceptors (Lipinski definition) is 2. The standard InChI is InChI=1S/C25H40O2/c1-3-5-7-20-8-10-21(11-9-20)12-13-22-14-16-24(17-15-22)25-26-18-23(6-4-2)19-27-25/h14-17,20-21,23,25H,3-13,18-19H2,1-2H3. The van der Waals surface area contributed by atoms with Crippen molar-refractivity contribution in [1.29, 1.82) is 0 Å². The number of ether oxygens (including phenoxy) is 2. The Labute approximate surface area is 167 Å². The molecule has 2 nitrogen and oxygen atoms in total. The summed E-state index contributed by atoms with van der Waals surface area (Å²) in [7, 11) is 0. The third-order valence-electron chi connectivity index (χ3n) is 6.69. The third-order valence-corrected chi connectivity index (χ3v) is 6.69. The van der Waals surface area contributed by atoms with E-state index in [2.05, 4.69) is 38.1 Å². The predicted molar refractivity (Wildman–Crippen MR) is 113 cm³/mol. The lowest BCUT2D eigenvalue weighted by molar-refractivity contribution is -0.206. The van der Waals surface area contributed by atoms with Gasteiger partial charge in [0.2, 0.25) is 0 Å². The molecule has 0 radical (unpaired) electrons. The summed E-state index contributed by atoms with van der Waals surface area (Å²) < 4.78 is 11.9. The number of hydrogen-bond donors (Lipinski definition) is 0. The van der Waals surface area contributed by atoms with E-state index in [-0.39, 0.29) is 6.29 Å². The van der Waals surface area contributed by atoms with Gasteiger partial charge in [-0.2, -0.15) is 0 Å². The lowest BCUT2D eigenvalue weighted by atomic mass is 9.78. The fourth-order valence-corrected chi connectivity index (χ4v) is 4.82. The Hall–Kier alpha value is -0.860. The van der Waals surface area contributed by atoms with Gasteiger partial charge in [0.25, 0.3) is 0 Å². The summed E-state index contributed by atoms with van der Waals surface area (Å²) in [5, 5.41) is 0. The summed E-state index contributed by atoms with van der Waals surface area (Å²) in [6, 6.07) is 8.99. The molecule has 0 unspecified atom stereocenters. The molecule has 2 aliphatic rings. The first kappa shape index (κ1) is 20.9. The first-order valence-corrected chi connectivity index (χ1v) is 11.6. The Kier molecular flexibility index (Phi) is 8.67. The van der Waals surface area contributed by atoms with Gasteiger partial charge in [-0.25, -0.2) is 0 Å². The second-order valence-corrected chi connectivity index (χ2v) is 8.96. The first-order valence-electron chi connectivity index (χ1n) is 11.6. The number of benzene rings is 1. The summed E-state index contributed by atoms with van der Waals surface area (Å²) in [5.74, 6) is 2.54. The maximum Gasteiger partial charge on any atom is 0.183 e. The van der Waals surface area contributed by atoms with Crippen LogP contribution in [0.4, 0.5) is 0 Å². The van der Waals surface area contributed by atoms with Gasteiger partial charge in [0.15, 0.2) is 6.29 Å². The Bertz CT molecular complexity index is 508. The fraction of sp³-hybridized carbons (Fsp3) is 0.760. The molecule has 2 heteroatoms. The van der Waals surface area contributed by atoms with Gasteiger partial charge < -0.3 is 9.47 Å². The summed E-state index contributed by atoms with van der Waals surface area (Å²) in [6.07, 6.45) is 14.9. The van der Waals surface area contributed by atoms with Crippen LogP contribution in [0, 0.1) is 17.8 Å². The second kappa shape index (κ2) is 11.2. The van der Waals surface area contributed by atoms with Crippen molar-refractivity contribution < 1.29 is 9.47 Å². The zero-order valence-corrected chi connectivity index (χ0v) is 17.6. The van der Waals surface area contributed by atoms with Crippen LogP contribution in [-0.4, -0.2) is 13.2 Å². The predicted octanol–water partition coefficient (Wildman–Crippen LogP) is 7.08. The summed E-state index contributed by atoms with van der Waals surface area (Å²) in [5.41, 5.74) is 2.64. The Morgan fingerprint density at radius 2 is 1.37 bits per heavy atom. The highest BCUT2D eigenvalue weighted by atomic mass is 16.7. The molecule has 0 atom stereocenters. The van der Waals surface area contributed by atoms with E-state index >= 15 is 0 Å². The van der Waals surface area contributed by atoms with E-state index in [1.165, 1.54) is 81.8 Å². The number of aryl methyl sites for hydroxylation is 1. The number of unbranched alkanes of at least 4 members (excludes halogenated alkanes) is 1. The van der Waals surface area contributed by atoms with Crippen molar-refractivity contribution in [2.24, 2.45) is 17.8 Å². The van der Waals surface area contributed by atoms with Crippen molar-refractivity contribution in [3.63, 3.8) is 0 Å². The van der Waals surface area contributed by atoms with Crippen molar-refractivity contribution in [3.05, 3.63) is 35.4 Å². The van der Waals surface area contributed by atoms with E-state index in [1.807, 2.05) is 0 Å². The Morgan fingerprint density at radius 3 is 1.96 bits per heavy atom. The van der Waals surface area contributed by atoms with Crippen LogP contribution >= 0.6 is 0 Å². The fourth-order valence-electron chi connectivity index (χ4n) is 4.82. The molecular weight excluding hydrogens is 332 g/mol. The molecule has 3 rings (SSSR count). The lowest BCUT2D eigenvalue weighted by Crippen LogP contribution is -2.26. The zero-order valence-electron chi connectivity index (χ0n) is 17.6. The molecule has 0 spiro atoms. The molecule has 152 valence electrons. The maximum atomic E-state index is 5.94. The topological polar surface area (TPSA) is 18.5 Å². The molecule has 27 heavy (non-hydrogen) atoms. The SMILES string of the molecule is CCCCC1CCC(CCc2ccc(C3OCC(CCC)CO3)cc2)CC1. The first-order chi connectivity index (χ1) is 13.3. The minimum atomic E-state index is -0.162. The highest BCUT2D eigenvalue weighted by Crippen LogP contribution is 2.34. The summed E-state index contributed by atoms with van der Waals surface area (Å²) in [4.78, 5) is 0. The molecule has 0 N–H and O–H groups in total. The number of rotatable bonds is 9. The monoisotopic (exact) mass is 372 g/mol. The average molecular weight is 373 g/mol. The minimum absolute atomic E-state index is 0.162. The molecule has 2 fully saturated rings. The quantitative estimate of drug-likeness (QED) is 0.461. The van der Waals surface area contributed by atoms with Crippen LogP contribution < -0.4 is 0 Å². The molecule has 1 aromatic rings. The molecule has 1 aliphatic carbocycles. The van der Waals surface area contributed by atoms with E-state index in [0.717, 1.165) is 25.0 Å². The van der Waals surface area contributed by atoms with Crippen molar-refractivity contribution in [1.82, 2.24) is 0 Å². The lowest BCUT2D eigenvalue weighted by Gasteiger charge is -2.29. The summed E-state index contributed by atoms with van der Waals surface area (Å²) >= 11 is 0. The van der Waals surface area contributed by atoms with E-state index in [4.69, 9.17) is 9.47 Å². The van der Waals surface area contributed by atoms with E-state index < -0.39 is 0 Å². The van der Waals surface area contributed by atoms with Crippen LogP contribution in [0.2, 0.25) is 0 Å². The van der Waals surface area contributed by atoms with Crippen LogP contribution in [0.15, 0.2) is 24.3 Å². The van der Waals surface area contributed by atoms with Gasteiger partial charge in [-0.15, -0.1) is 0 Å². The maximum absolute atomic E-state index is 5.94. The van der Waals surface area contributed by atoms with Crippen molar-refractivity contribution >= 4 is 0 Å². The van der Waals surface area contributed by atoms with E-state index in [1.54, 1.807) is 0 Å². The van der Waals surface area contributed by atoms with Gasteiger partial charge in [0.05, 0.1) is 13.2 Å². The van der Waals surface area contributed by atoms with Gasteiger partial charge in [-0.3, -0.25) is 0 Å². The van der Waals surface area contributed by atoms with E-state index in [9.17, 15) is 0 Å². The van der Waals surface area contributed by atoms with Crippen molar-refractivity contribution in [2.45, 2.75) is 90.8 Å².